The molecule has 3 nitrogen and oxygen atoms in total. The molecule has 1 aromatic carbocycles. The van der Waals surface area contributed by atoms with Crippen molar-refractivity contribution in [3.63, 3.8) is 0 Å². The number of sulfonamides is 1. The molecule has 1 rings (SSSR count). The van der Waals surface area contributed by atoms with Crippen molar-refractivity contribution in [2.24, 2.45) is 0 Å². The van der Waals surface area contributed by atoms with Crippen molar-refractivity contribution < 1.29 is 8.42 Å². The van der Waals surface area contributed by atoms with Gasteiger partial charge in [0.25, 0.3) is 0 Å². The van der Waals surface area contributed by atoms with E-state index in [2.05, 4.69) is 49.8 Å². The molecular weight excluding hydrogens is 393 g/mol. The third kappa shape index (κ3) is 4.21. The fraction of sp³-hybridized carbons (Fsp3) is 0.111. The Morgan fingerprint density at radius 3 is 2.40 bits per heavy atom. The zero-order valence-corrected chi connectivity index (χ0v) is 12.3. The Morgan fingerprint density at radius 1 is 1.40 bits per heavy atom. The molecule has 1 N–H and O–H groups in total. The van der Waals surface area contributed by atoms with Crippen LogP contribution in [0.1, 0.15) is 0 Å². The maximum atomic E-state index is 11.7. The molecule has 0 saturated carbocycles. The van der Waals surface area contributed by atoms with Gasteiger partial charge in [-0.15, -0.1) is 0 Å². The first kappa shape index (κ1) is 13.1. The molecule has 1 aromatic rings. The summed E-state index contributed by atoms with van der Waals surface area (Å²) in [6, 6.07) is 6.64. The minimum atomic E-state index is -3.42. The molecule has 0 heterocycles. The number of hydrogen-bond donors (Lipinski definition) is 1. The van der Waals surface area contributed by atoms with Crippen LogP contribution in [-0.4, -0.2) is 15.0 Å². The first-order valence-corrected chi connectivity index (χ1v) is 7.36. The van der Waals surface area contributed by atoms with Crippen molar-refractivity contribution in [2.45, 2.75) is 4.90 Å². The van der Waals surface area contributed by atoms with Gasteiger partial charge in [-0.2, -0.15) is 0 Å². The Labute approximate surface area is 111 Å². The van der Waals surface area contributed by atoms with E-state index < -0.39 is 10.0 Å². The van der Waals surface area contributed by atoms with Crippen LogP contribution in [0.3, 0.4) is 0 Å². The number of benzene rings is 1. The number of hydrogen-bond acceptors (Lipinski definition) is 2. The van der Waals surface area contributed by atoms with Crippen LogP contribution in [0.5, 0.6) is 0 Å². The van der Waals surface area contributed by atoms with E-state index in [1.807, 2.05) is 0 Å². The van der Waals surface area contributed by atoms with Gasteiger partial charge in [0.2, 0.25) is 10.0 Å². The number of rotatable bonds is 4. The van der Waals surface area contributed by atoms with Crippen LogP contribution >= 0.6 is 38.5 Å². The summed E-state index contributed by atoms with van der Waals surface area (Å²) in [4.78, 5) is 0.261. The van der Waals surface area contributed by atoms with Gasteiger partial charge in [0.05, 0.1) is 4.90 Å². The highest BCUT2D eigenvalue weighted by molar-refractivity contribution is 14.1. The lowest BCUT2D eigenvalue weighted by Gasteiger charge is -2.05. The fourth-order valence-electron chi connectivity index (χ4n) is 0.870. The summed E-state index contributed by atoms with van der Waals surface area (Å²) in [6.45, 7) is 3.74. The van der Waals surface area contributed by atoms with Crippen LogP contribution in [0.25, 0.3) is 0 Å². The molecule has 0 saturated heterocycles. The van der Waals surface area contributed by atoms with Gasteiger partial charge in [-0.1, -0.05) is 22.5 Å². The van der Waals surface area contributed by atoms with E-state index >= 15 is 0 Å². The third-order valence-electron chi connectivity index (χ3n) is 1.58. The van der Waals surface area contributed by atoms with Crippen molar-refractivity contribution in [1.82, 2.24) is 4.72 Å². The molecule has 0 amide bonds. The Morgan fingerprint density at radius 2 is 1.93 bits per heavy atom. The molecule has 6 heteroatoms. The van der Waals surface area contributed by atoms with Crippen LogP contribution in [0.15, 0.2) is 40.2 Å². The first-order valence-electron chi connectivity index (χ1n) is 4.00. The molecular formula is C9H9BrINO2S. The second-order valence-corrected chi connectivity index (χ2v) is 6.93. The highest BCUT2D eigenvalue weighted by Gasteiger charge is 2.12. The SMILES string of the molecule is C=C(Br)CNS(=O)(=O)c1ccc(I)cc1. The molecule has 82 valence electrons. The second-order valence-electron chi connectivity index (χ2n) is 2.80. The van der Waals surface area contributed by atoms with Gasteiger partial charge in [-0.3, -0.25) is 0 Å². The summed E-state index contributed by atoms with van der Waals surface area (Å²) in [6.07, 6.45) is 0. The van der Waals surface area contributed by atoms with Crippen molar-refractivity contribution in [3.8, 4) is 0 Å². The summed E-state index contributed by atoms with van der Waals surface area (Å²) in [5.41, 5.74) is 0. The lowest BCUT2D eigenvalue weighted by molar-refractivity contribution is 0.585. The highest BCUT2D eigenvalue weighted by Crippen LogP contribution is 2.12. The lowest BCUT2D eigenvalue weighted by atomic mass is 10.4. The standard InChI is InChI=1S/C9H9BrINO2S/c1-7(10)6-12-15(13,14)9-4-2-8(11)3-5-9/h2-5,12H,1,6H2. The molecule has 0 aliphatic heterocycles. The summed E-state index contributed by atoms with van der Waals surface area (Å²) >= 11 is 5.21. The van der Waals surface area contributed by atoms with Crippen LogP contribution in [0, 0.1) is 3.57 Å². The predicted molar refractivity (Wildman–Crippen MR) is 72.4 cm³/mol. The minimum absolute atomic E-state index is 0.189. The third-order valence-corrected chi connectivity index (χ3v) is 3.99. The molecule has 0 aliphatic carbocycles. The normalized spacial score (nSPS) is 11.3. The van der Waals surface area contributed by atoms with E-state index in [0.717, 1.165) is 3.57 Å². The molecule has 0 aromatic heterocycles. The van der Waals surface area contributed by atoms with Crippen molar-refractivity contribution in [1.29, 1.82) is 0 Å². The maximum Gasteiger partial charge on any atom is 0.240 e. The van der Waals surface area contributed by atoms with E-state index in [-0.39, 0.29) is 11.4 Å². The van der Waals surface area contributed by atoms with E-state index in [1.165, 1.54) is 0 Å². The van der Waals surface area contributed by atoms with Gasteiger partial charge in [0, 0.05) is 14.6 Å². The first-order chi connectivity index (χ1) is 6.92. The molecule has 0 spiro atoms. The monoisotopic (exact) mass is 401 g/mol. The van der Waals surface area contributed by atoms with Gasteiger partial charge in [0.15, 0.2) is 0 Å². The van der Waals surface area contributed by atoms with Gasteiger partial charge in [-0.05, 0) is 46.9 Å². The molecule has 0 aliphatic rings. The van der Waals surface area contributed by atoms with Gasteiger partial charge < -0.3 is 0 Å². The van der Waals surface area contributed by atoms with Crippen LogP contribution in [-0.2, 0) is 10.0 Å². The van der Waals surface area contributed by atoms with Gasteiger partial charge in [-0.25, -0.2) is 13.1 Å². The van der Waals surface area contributed by atoms with E-state index in [9.17, 15) is 8.42 Å². The fourth-order valence-corrected chi connectivity index (χ4v) is 2.58. The quantitative estimate of drug-likeness (QED) is 0.788. The summed E-state index contributed by atoms with van der Waals surface area (Å²) < 4.78 is 27.4. The lowest BCUT2D eigenvalue weighted by Crippen LogP contribution is -2.24. The van der Waals surface area contributed by atoms with E-state index in [1.54, 1.807) is 24.3 Å². The number of nitrogens with one attached hydrogen (secondary N) is 1. The van der Waals surface area contributed by atoms with Crippen LogP contribution < -0.4 is 4.72 Å². The summed E-state index contributed by atoms with van der Waals surface area (Å²) in [5, 5.41) is 0. The average Bonchev–Trinajstić information content (AvgIpc) is 2.16. The van der Waals surface area contributed by atoms with Crippen LogP contribution in [0.2, 0.25) is 0 Å². The number of halogens is 2. The Bertz CT molecular complexity index is 456. The molecule has 0 unspecified atom stereocenters. The molecule has 0 atom stereocenters. The van der Waals surface area contributed by atoms with Crippen molar-refractivity contribution in [2.75, 3.05) is 6.54 Å². The smallest absolute Gasteiger partial charge is 0.207 e. The van der Waals surface area contributed by atoms with Gasteiger partial charge in [0.1, 0.15) is 0 Å². The van der Waals surface area contributed by atoms with E-state index in [4.69, 9.17) is 0 Å². The second kappa shape index (κ2) is 5.42. The average molecular weight is 402 g/mol. The maximum absolute atomic E-state index is 11.7. The van der Waals surface area contributed by atoms with E-state index in [0.29, 0.717) is 4.48 Å². The summed E-state index contributed by atoms with van der Waals surface area (Å²) in [7, 11) is -3.42. The molecule has 15 heavy (non-hydrogen) atoms. The van der Waals surface area contributed by atoms with Gasteiger partial charge >= 0.3 is 0 Å². The van der Waals surface area contributed by atoms with Crippen molar-refractivity contribution in [3.05, 3.63) is 38.9 Å². The molecule has 0 fully saturated rings. The predicted octanol–water partition coefficient (Wildman–Crippen LogP) is 2.48. The Balaban J connectivity index is 2.87. The summed E-state index contributed by atoms with van der Waals surface area (Å²) in [5.74, 6) is 0. The van der Waals surface area contributed by atoms with Crippen molar-refractivity contribution >= 4 is 48.5 Å². The Hall–Kier alpha value is 0.0800. The molecule has 0 bridgehead atoms. The minimum Gasteiger partial charge on any atom is -0.207 e. The topological polar surface area (TPSA) is 46.2 Å². The molecule has 0 radical (unpaired) electrons. The van der Waals surface area contributed by atoms with Crippen LogP contribution in [0.4, 0.5) is 0 Å². The Kier molecular flexibility index (Phi) is 4.75. The zero-order chi connectivity index (χ0) is 11.5. The highest BCUT2D eigenvalue weighted by atomic mass is 127. The zero-order valence-electron chi connectivity index (χ0n) is 7.70. The largest absolute Gasteiger partial charge is 0.240 e.